The first-order chi connectivity index (χ1) is 8.81. The van der Waals surface area contributed by atoms with Crippen LogP contribution in [-0.4, -0.2) is 56.2 Å². The van der Waals surface area contributed by atoms with Crippen molar-refractivity contribution in [1.82, 2.24) is 9.80 Å². The smallest absolute Gasteiger partial charge is 0.0474 e. The zero-order valence-corrected chi connectivity index (χ0v) is 12.3. The third-order valence-electron chi connectivity index (χ3n) is 3.80. The van der Waals surface area contributed by atoms with E-state index in [9.17, 15) is 0 Å². The summed E-state index contributed by atoms with van der Waals surface area (Å²) in [5.74, 6) is 0. The monoisotopic (exact) mass is 268 g/mol. The van der Waals surface area contributed by atoms with Crippen LogP contribution in [0.4, 0.5) is 0 Å². The Balaban J connectivity index is 1.73. The minimum atomic E-state index is 0.567. The first-order valence-corrected chi connectivity index (χ1v) is 7.73. The summed E-state index contributed by atoms with van der Waals surface area (Å²) in [5.41, 5.74) is 1.47. The second-order valence-electron chi connectivity index (χ2n) is 4.96. The summed E-state index contributed by atoms with van der Waals surface area (Å²) in [6, 6.07) is 2.82. The minimum absolute atomic E-state index is 0.567. The predicted molar refractivity (Wildman–Crippen MR) is 77.2 cm³/mol. The van der Waals surface area contributed by atoms with Crippen molar-refractivity contribution in [2.75, 3.05) is 46.4 Å². The number of methoxy groups -OCH3 is 1. The molecule has 4 heteroatoms. The predicted octanol–water partition coefficient (Wildman–Crippen LogP) is 2.46. The second-order valence-corrected chi connectivity index (χ2v) is 5.74. The first-order valence-electron chi connectivity index (χ1n) is 6.78. The number of thiophene rings is 1. The van der Waals surface area contributed by atoms with Crippen LogP contribution in [0.15, 0.2) is 16.8 Å². The van der Waals surface area contributed by atoms with Crippen LogP contribution in [0.5, 0.6) is 0 Å². The maximum atomic E-state index is 5.11. The largest absolute Gasteiger partial charge is 0.385 e. The van der Waals surface area contributed by atoms with Gasteiger partial charge in [0, 0.05) is 52.5 Å². The summed E-state index contributed by atoms with van der Waals surface area (Å²) < 4.78 is 5.11. The first kappa shape index (κ1) is 14.0. The van der Waals surface area contributed by atoms with E-state index in [-0.39, 0.29) is 0 Å². The third kappa shape index (κ3) is 3.79. The molecule has 0 amide bonds. The molecule has 2 heterocycles. The summed E-state index contributed by atoms with van der Waals surface area (Å²) in [5, 5.41) is 4.45. The van der Waals surface area contributed by atoms with Crippen molar-refractivity contribution in [3.63, 3.8) is 0 Å². The lowest BCUT2D eigenvalue weighted by atomic mass is 10.1. The maximum Gasteiger partial charge on any atom is 0.0474 e. The van der Waals surface area contributed by atoms with Crippen molar-refractivity contribution < 1.29 is 4.74 Å². The molecule has 0 aromatic carbocycles. The lowest BCUT2D eigenvalue weighted by Crippen LogP contribution is -2.47. The molecular weight excluding hydrogens is 244 g/mol. The van der Waals surface area contributed by atoms with Crippen molar-refractivity contribution >= 4 is 11.3 Å². The van der Waals surface area contributed by atoms with Crippen molar-refractivity contribution in [2.45, 2.75) is 19.4 Å². The molecule has 0 saturated carbocycles. The van der Waals surface area contributed by atoms with E-state index in [4.69, 9.17) is 4.74 Å². The summed E-state index contributed by atoms with van der Waals surface area (Å²) in [4.78, 5) is 5.14. The Hall–Kier alpha value is -0.420. The zero-order valence-electron chi connectivity index (χ0n) is 11.5. The molecule has 1 saturated heterocycles. The molecular formula is C14H24N2OS. The lowest BCUT2D eigenvalue weighted by molar-refractivity contribution is 0.0933. The van der Waals surface area contributed by atoms with Gasteiger partial charge < -0.3 is 9.64 Å². The second kappa shape index (κ2) is 7.24. The number of rotatable bonds is 6. The number of piperazine rings is 1. The van der Waals surface area contributed by atoms with Gasteiger partial charge in [-0.1, -0.05) is 0 Å². The molecule has 1 aromatic rings. The highest BCUT2D eigenvalue weighted by Gasteiger charge is 2.21. The summed E-state index contributed by atoms with van der Waals surface area (Å²) in [6.07, 6.45) is 1.15. The fourth-order valence-electron chi connectivity index (χ4n) is 2.53. The van der Waals surface area contributed by atoms with Crippen molar-refractivity contribution in [2.24, 2.45) is 0 Å². The van der Waals surface area contributed by atoms with Gasteiger partial charge in [0.1, 0.15) is 0 Å². The number of hydrogen-bond donors (Lipinski definition) is 0. The molecule has 0 bridgehead atoms. The Labute approximate surface area is 114 Å². The quantitative estimate of drug-likeness (QED) is 0.737. The zero-order chi connectivity index (χ0) is 12.8. The summed E-state index contributed by atoms with van der Waals surface area (Å²) in [6.45, 7) is 9.13. The van der Waals surface area contributed by atoms with E-state index in [0.29, 0.717) is 6.04 Å². The van der Waals surface area contributed by atoms with Crippen molar-refractivity contribution in [3.8, 4) is 0 Å². The van der Waals surface area contributed by atoms with E-state index in [1.165, 1.54) is 38.3 Å². The van der Waals surface area contributed by atoms with Gasteiger partial charge in [-0.25, -0.2) is 0 Å². The number of hydrogen-bond acceptors (Lipinski definition) is 4. The minimum Gasteiger partial charge on any atom is -0.385 e. The number of nitrogens with zero attached hydrogens (tertiary/aromatic N) is 2. The molecule has 0 aliphatic carbocycles. The normalized spacial score (nSPS) is 20.1. The maximum absolute atomic E-state index is 5.11. The van der Waals surface area contributed by atoms with E-state index >= 15 is 0 Å². The molecule has 1 aromatic heterocycles. The molecule has 1 aliphatic rings. The molecule has 102 valence electrons. The fraction of sp³-hybridized carbons (Fsp3) is 0.714. The summed E-state index contributed by atoms with van der Waals surface area (Å²) in [7, 11) is 1.78. The molecule has 0 radical (unpaired) electrons. The Morgan fingerprint density at radius 3 is 2.72 bits per heavy atom. The molecule has 18 heavy (non-hydrogen) atoms. The van der Waals surface area contributed by atoms with E-state index in [1.54, 1.807) is 18.4 Å². The fourth-order valence-corrected chi connectivity index (χ4v) is 3.28. The number of ether oxygens (including phenoxy) is 1. The highest BCUT2D eigenvalue weighted by molar-refractivity contribution is 7.07. The van der Waals surface area contributed by atoms with Gasteiger partial charge in [-0.3, -0.25) is 4.90 Å². The van der Waals surface area contributed by atoms with Crippen LogP contribution >= 0.6 is 11.3 Å². The molecule has 1 unspecified atom stereocenters. The average Bonchev–Trinajstić information content (AvgIpc) is 2.93. The molecule has 2 rings (SSSR count). The van der Waals surface area contributed by atoms with Crippen molar-refractivity contribution in [1.29, 1.82) is 0 Å². The van der Waals surface area contributed by atoms with Gasteiger partial charge >= 0.3 is 0 Å². The summed E-state index contributed by atoms with van der Waals surface area (Å²) >= 11 is 1.80. The van der Waals surface area contributed by atoms with Crippen LogP contribution in [0.1, 0.15) is 24.9 Å². The molecule has 0 spiro atoms. The van der Waals surface area contributed by atoms with Crippen LogP contribution in [0, 0.1) is 0 Å². The Bertz CT molecular complexity index is 321. The SMILES string of the molecule is COCCCN1CCN(C(C)c2ccsc2)CC1. The highest BCUT2D eigenvalue weighted by Crippen LogP contribution is 2.23. The van der Waals surface area contributed by atoms with Crippen LogP contribution in [0.3, 0.4) is 0 Å². The van der Waals surface area contributed by atoms with Gasteiger partial charge in [-0.15, -0.1) is 0 Å². The van der Waals surface area contributed by atoms with Crippen molar-refractivity contribution in [3.05, 3.63) is 22.4 Å². The van der Waals surface area contributed by atoms with Gasteiger partial charge in [-0.2, -0.15) is 11.3 Å². The van der Waals surface area contributed by atoms with E-state index in [0.717, 1.165) is 13.0 Å². The van der Waals surface area contributed by atoms with E-state index in [1.807, 2.05) is 0 Å². The molecule has 1 atom stereocenters. The van der Waals surface area contributed by atoms with Crippen LogP contribution in [-0.2, 0) is 4.74 Å². The van der Waals surface area contributed by atoms with Crippen LogP contribution < -0.4 is 0 Å². The Kier molecular flexibility index (Phi) is 5.63. The molecule has 1 fully saturated rings. The van der Waals surface area contributed by atoms with Gasteiger partial charge in [0.2, 0.25) is 0 Å². The standard InChI is InChI=1S/C14H24N2OS/c1-13(14-4-11-18-12-14)16-8-6-15(7-9-16)5-3-10-17-2/h4,11-13H,3,5-10H2,1-2H3. The molecule has 3 nitrogen and oxygen atoms in total. The van der Waals surface area contributed by atoms with Gasteiger partial charge in [0.25, 0.3) is 0 Å². The molecule has 0 N–H and O–H groups in total. The Morgan fingerprint density at radius 2 is 2.11 bits per heavy atom. The van der Waals surface area contributed by atoms with Gasteiger partial charge in [0.15, 0.2) is 0 Å². The third-order valence-corrected chi connectivity index (χ3v) is 4.50. The van der Waals surface area contributed by atoms with Crippen LogP contribution in [0.25, 0.3) is 0 Å². The van der Waals surface area contributed by atoms with Gasteiger partial charge in [-0.05, 0) is 35.7 Å². The van der Waals surface area contributed by atoms with E-state index < -0.39 is 0 Å². The van der Waals surface area contributed by atoms with Gasteiger partial charge in [0.05, 0.1) is 0 Å². The lowest BCUT2D eigenvalue weighted by Gasteiger charge is -2.38. The average molecular weight is 268 g/mol. The topological polar surface area (TPSA) is 15.7 Å². The Morgan fingerprint density at radius 1 is 1.33 bits per heavy atom. The molecule has 1 aliphatic heterocycles. The highest BCUT2D eigenvalue weighted by atomic mass is 32.1. The van der Waals surface area contributed by atoms with Crippen LogP contribution in [0.2, 0.25) is 0 Å². The van der Waals surface area contributed by atoms with E-state index in [2.05, 4.69) is 33.6 Å².